The van der Waals surface area contributed by atoms with Gasteiger partial charge in [-0.3, -0.25) is 9.59 Å². The summed E-state index contributed by atoms with van der Waals surface area (Å²) in [5.41, 5.74) is 3.99. The fourth-order valence-electron chi connectivity index (χ4n) is 4.74. The largest absolute Gasteiger partial charge is 0.494 e. The summed E-state index contributed by atoms with van der Waals surface area (Å²) < 4.78 is 13.6. The maximum absolute atomic E-state index is 11.5. The second-order valence-electron chi connectivity index (χ2n) is 9.59. The van der Waals surface area contributed by atoms with E-state index in [1.54, 1.807) is 0 Å². The van der Waals surface area contributed by atoms with Crippen LogP contribution in [0, 0.1) is 0 Å². The molecule has 7 nitrogen and oxygen atoms in total. The molecule has 0 atom stereocenters. The molecule has 0 fully saturated rings. The molecule has 0 saturated carbocycles. The van der Waals surface area contributed by atoms with Crippen molar-refractivity contribution in [3.63, 3.8) is 0 Å². The minimum atomic E-state index is -0.881. The Bertz CT molecular complexity index is 1360. The summed E-state index contributed by atoms with van der Waals surface area (Å²) in [5, 5.41) is 19.4. The molecule has 0 unspecified atom stereocenters. The Morgan fingerprint density at radius 1 is 0.692 bits per heavy atom. The van der Waals surface area contributed by atoms with E-state index >= 15 is 0 Å². The summed E-state index contributed by atoms with van der Waals surface area (Å²) in [6.45, 7) is 1.83. The fraction of sp³-hybridized carbons (Fsp3) is 0.312. The van der Waals surface area contributed by atoms with Crippen molar-refractivity contribution in [1.29, 1.82) is 0 Å². The monoisotopic (exact) mass is 529 g/mol. The van der Waals surface area contributed by atoms with Gasteiger partial charge in [0, 0.05) is 30.1 Å². The van der Waals surface area contributed by atoms with Crippen LogP contribution < -0.4 is 9.47 Å². The van der Waals surface area contributed by atoms with E-state index in [9.17, 15) is 14.7 Å². The first-order chi connectivity index (χ1) is 19.0. The summed E-state index contributed by atoms with van der Waals surface area (Å²) in [7, 11) is 0. The molecule has 0 aliphatic rings. The van der Waals surface area contributed by atoms with Gasteiger partial charge in [-0.1, -0.05) is 42.5 Å². The van der Waals surface area contributed by atoms with E-state index in [1.165, 1.54) is 5.56 Å². The number of aryl methyl sites for hydroxylation is 3. The molecular formula is C32H35NO6. The van der Waals surface area contributed by atoms with Crippen LogP contribution in [0.25, 0.3) is 10.9 Å². The van der Waals surface area contributed by atoms with Crippen molar-refractivity contribution < 1.29 is 29.3 Å². The Kier molecular flexibility index (Phi) is 10.0. The predicted molar refractivity (Wildman–Crippen MR) is 151 cm³/mol. The third-order valence-corrected chi connectivity index (χ3v) is 6.63. The topological polar surface area (TPSA) is 98.0 Å². The lowest BCUT2D eigenvalue weighted by Gasteiger charge is -2.10. The number of ether oxygens (including phenoxy) is 2. The van der Waals surface area contributed by atoms with E-state index < -0.39 is 11.9 Å². The first-order valence-corrected chi connectivity index (χ1v) is 13.4. The highest BCUT2D eigenvalue weighted by Crippen LogP contribution is 2.28. The molecule has 204 valence electrons. The number of rotatable bonds is 16. The molecule has 0 radical (unpaired) electrons. The molecule has 7 heteroatoms. The lowest BCUT2D eigenvalue weighted by atomic mass is 9.98. The zero-order valence-corrected chi connectivity index (χ0v) is 22.1. The number of para-hydroxylation sites is 1. The lowest BCUT2D eigenvalue weighted by molar-refractivity contribution is -0.137. The summed E-state index contributed by atoms with van der Waals surface area (Å²) in [6, 6.07) is 23.9. The number of carboxylic acids is 2. The zero-order valence-electron chi connectivity index (χ0n) is 22.1. The SMILES string of the molecule is O=C(O)CCCn1cc(CC(=O)O)c2c(CCc3ccc(OCCCCOc4ccccc4)cc3)cccc21. The molecule has 0 saturated heterocycles. The van der Waals surface area contributed by atoms with Gasteiger partial charge in [0.25, 0.3) is 0 Å². The van der Waals surface area contributed by atoms with Crippen molar-refractivity contribution in [3.05, 3.63) is 95.7 Å². The number of aliphatic carboxylic acids is 2. The number of hydrogen-bond acceptors (Lipinski definition) is 4. The van der Waals surface area contributed by atoms with Crippen molar-refractivity contribution in [2.75, 3.05) is 13.2 Å². The minimum absolute atomic E-state index is 0.0656. The van der Waals surface area contributed by atoms with Crippen molar-refractivity contribution in [3.8, 4) is 11.5 Å². The average Bonchev–Trinajstić information content (AvgIpc) is 3.27. The zero-order chi connectivity index (χ0) is 27.5. The van der Waals surface area contributed by atoms with Crippen LogP contribution in [0.2, 0.25) is 0 Å². The molecule has 4 rings (SSSR count). The van der Waals surface area contributed by atoms with Crippen molar-refractivity contribution >= 4 is 22.8 Å². The molecule has 1 aromatic heterocycles. The van der Waals surface area contributed by atoms with E-state index in [0.29, 0.717) is 26.2 Å². The molecule has 4 aromatic rings. The molecule has 0 aliphatic carbocycles. The van der Waals surface area contributed by atoms with Gasteiger partial charge in [0.2, 0.25) is 0 Å². The number of hydrogen-bond donors (Lipinski definition) is 2. The van der Waals surface area contributed by atoms with Gasteiger partial charge in [0.1, 0.15) is 11.5 Å². The number of nitrogens with zero attached hydrogens (tertiary/aromatic N) is 1. The summed E-state index contributed by atoms with van der Waals surface area (Å²) in [4.78, 5) is 22.5. The van der Waals surface area contributed by atoms with E-state index in [4.69, 9.17) is 14.6 Å². The third kappa shape index (κ3) is 8.37. The van der Waals surface area contributed by atoms with Crippen LogP contribution in [0.15, 0.2) is 79.0 Å². The van der Waals surface area contributed by atoms with Crippen molar-refractivity contribution in [2.24, 2.45) is 0 Å². The first kappa shape index (κ1) is 27.8. The highest BCUT2D eigenvalue weighted by molar-refractivity contribution is 5.90. The number of fused-ring (bicyclic) bond motifs is 1. The smallest absolute Gasteiger partial charge is 0.307 e. The van der Waals surface area contributed by atoms with Gasteiger partial charge in [-0.05, 0) is 79.1 Å². The Balaban J connectivity index is 1.30. The van der Waals surface area contributed by atoms with Gasteiger partial charge in [-0.15, -0.1) is 0 Å². The minimum Gasteiger partial charge on any atom is -0.494 e. The quantitative estimate of drug-likeness (QED) is 0.169. The standard InChI is InChI=1S/C32H35NO6/c34-30(35)12-7-19-33-23-26(22-31(36)37)32-25(8-6-11-29(32)33)16-13-24-14-17-28(18-15-24)39-21-5-4-20-38-27-9-2-1-3-10-27/h1-3,6,8-11,14-15,17-18,23H,4-5,7,12-13,16,19-22H2,(H,34,35)(H,36,37). The van der Waals surface area contributed by atoms with Gasteiger partial charge in [-0.2, -0.15) is 0 Å². The number of benzene rings is 3. The van der Waals surface area contributed by atoms with Crippen LogP contribution in [-0.4, -0.2) is 39.9 Å². The average molecular weight is 530 g/mol. The van der Waals surface area contributed by atoms with E-state index in [0.717, 1.165) is 59.2 Å². The lowest BCUT2D eigenvalue weighted by Crippen LogP contribution is -2.02. The van der Waals surface area contributed by atoms with Crippen LogP contribution >= 0.6 is 0 Å². The molecule has 0 amide bonds. The fourth-order valence-corrected chi connectivity index (χ4v) is 4.74. The Morgan fingerprint density at radius 2 is 1.38 bits per heavy atom. The predicted octanol–water partition coefficient (Wildman–Crippen LogP) is 6.16. The highest BCUT2D eigenvalue weighted by atomic mass is 16.5. The molecule has 1 heterocycles. The number of carbonyl (C=O) groups is 2. The number of carboxylic acid groups (broad SMARTS) is 2. The second-order valence-corrected chi connectivity index (χ2v) is 9.59. The second kappa shape index (κ2) is 14.0. The Labute approximate surface area is 228 Å². The molecule has 3 aromatic carbocycles. The maximum atomic E-state index is 11.5. The first-order valence-electron chi connectivity index (χ1n) is 13.4. The summed E-state index contributed by atoms with van der Waals surface area (Å²) >= 11 is 0. The van der Waals surface area contributed by atoms with Crippen LogP contribution in [0.3, 0.4) is 0 Å². The van der Waals surface area contributed by atoms with E-state index in [1.807, 2.05) is 71.4 Å². The molecule has 0 spiro atoms. The van der Waals surface area contributed by atoms with Gasteiger partial charge >= 0.3 is 11.9 Å². The van der Waals surface area contributed by atoms with Gasteiger partial charge in [0.05, 0.1) is 19.6 Å². The van der Waals surface area contributed by atoms with Gasteiger partial charge < -0.3 is 24.3 Å². The number of aromatic nitrogens is 1. The highest BCUT2D eigenvalue weighted by Gasteiger charge is 2.15. The Morgan fingerprint density at radius 3 is 2.05 bits per heavy atom. The van der Waals surface area contributed by atoms with Crippen molar-refractivity contribution in [1.82, 2.24) is 4.57 Å². The van der Waals surface area contributed by atoms with Crippen LogP contribution in [-0.2, 0) is 35.4 Å². The molecule has 2 N–H and O–H groups in total. The normalized spacial score (nSPS) is 11.0. The maximum Gasteiger partial charge on any atom is 0.307 e. The molecule has 0 aliphatic heterocycles. The molecular weight excluding hydrogens is 494 g/mol. The summed E-state index contributed by atoms with van der Waals surface area (Å²) in [6.07, 6.45) is 5.78. The summed E-state index contributed by atoms with van der Waals surface area (Å²) in [5.74, 6) is 0.0140. The third-order valence-electron chi connectivity index (χ3n) is 6.63. The molecule has 39 heavy (non-hydrogen) atoms. The van der Waals surface area contributed by atoms with E-state index in [-0.39, 0.29) is 12.8 Å². The van der Waals surface area contributed by atoms with Gasteiger partial charge in [-0.25, -0.2) is 0 Å². The van der Waals surface area contributed by atoms with Crippen molar-refractivity contribution in [2.45, 2.75) is 51.5 Å². The van der Waals surface area contributed by atoms with Gasteiger partial charge in [0.15, 0.2) is 0 Å². The van der Waals surface area contributed by atoms with E-state index in [2.05, 4.69) is 12.1 Å². The van der Waals surface area contributed by atoms with Crippen LogP contribution in [0.1, 0.15) is 42.4 Å². The Hall–Kier alpha value is -4.26. The van der Waals surface area contributed by atoms with Crippen LogP contribution in [0.5, 0.6) is 11.5 Å². The number of unbranched alkanes of at least 4 members (excludes halogenated alkanes) is 1. The molecule has 0 bridgehead atoms. The van der Waals surface area contributed by atoms with Crippen LogP contribution in [0.4, 0.5) is 0 Å².